The zero-order chi connectivity index (χ0) is 25.4. The summed E-state index contributed by atoms with van der Waals surface area (Å²) in [6.45, 7) is 9.95. The van der Waals surface area contributed by atoms with Crippen molar-refractivity contribution in [2.24, 2.45) is 16.6 Å². The van der Waals surface area contributed by atoms with Crippen molar-refractivity contribution in [3.8, 4) is 0 Å². The number of aryl methyl sites for hydroxylation is 1. The fraction of sp³-hybridized carbons (Fsp3) is 0.667. The van der Waals surface area contributed by atoms with Crippen molar-refractivity contribution in [2.75, 3.05) is 19.6 Å². The molecule has 1 fully saturated rings. The highest BCUT2D eigenvalue weighted by molar-refractivity contribution is 7.13. The van der Waals surface area contributed by atoms with Crippen LogP contribution in [0.25, 0.3) is 6.08 Å². The molecule has 8 heteroatoms. The van der Waals surface area contributed by atoms with Gasteiger partial charge in [0.15, 0.2) is 0 Å². The monoisotopic (exact) mass is 502 g/mol. The number of hydrogen-bond donors (Lipinski definition) is 2. The van der Waals surface area contributed by atoms with Gasteiger partial charge in [-0.1, -0.05) is 19.8 Å². The van der Waals surface area contributed by atoms with Crippen molar-refractivity contribution in [3.63, 3.8) is 0 Å². The molecule has 194 valence electrons. The van der Waals surface area contributed by atoms with Crippen LogP contribution >= 0.6 is 11.3 Å². The quantitative estimate of drug-likeness (QED) is 0.374. The Bertz CT molecular complexity index is 941. The molecule has 2 aliphatic rings. The fourth-order valence-electron chi connectivity index (χ4n) is 4.34. The minimum Gasteiger partial charge on any atom is -0.444 e. The molecule has 7 nitrogen and oxygen atoms in total. The van der Waals surface area contributed by atoms with E-state index < -0.39 is 5.60 Å². The second-order valence-corrected chi connectivity index (χ2v) is 11.9. The van der Waals surface area contributed by atoms with E-state index in [-0.39, 0.29) is 12.0 Å². The molecule has 2 heterocycles. The molecular formula is C27H42N4O3S. The maximum Gasteiger partial charge on any atom is 0.407 e. The smallest absolute Gasteiger partial charge is 0.407 e. The first-order chi connectivity index (χ1) is 16.6. The number of thiophene rings is 1. The van der Waals surface area contributed by atoms with E-state index in [1.807, 2.05) is 31.7 Å². The lowest BCUT2D eigenvalue weighted by molar-refractivity contribution is -0.128. The Hall–Kier alpha value is -2.35. The number of nitrogens with two attached hydrogens (primary N) is 1. The average Bonchev–Trinajstić information content (AvgIpc) is 3.03. The molecule has 0 atom stereocenters. The summed E-state index contributed by atoms with van der Waals surface area (Å²) in [6, 6.07) is 2.11. The molecule has 35 heavy (non-hydrogen) atoms. The summed E-state index contributed by atoms with van der Waals surface area (Å²) in [4.78, 5) is 34.0. The summed E-state index contributed by atoms with van der Waals surface area (Å²) in [5, 5.41) is 2.81. The first-order valence-corrected chi connectivity index (χ1v) is 13.9. The molecular weight excluding hydrogens is 460 g/mol. The molecule has 1 aromatic heterocycles. The number of nitrogens with zero attached hydrogens (tertiary/aromatic N) is 2. The SMILES string of the molecule is CCCN(CC1CCC1)C(=O)C1=Cc2sc(CCCCCNC(=O)OC(C)(C)C)cc2N=C(N)C1. The molecule has 1 aliphatic carbocycles. The van der Waals surface area contributed by atoms with E-state index in [2.05, 4.69) is 23.3 Å². The van der Waals surface area contributed by atoms with Crippen LogP contribution in [-0.4, -0.2) is 48.0 Å². The maximum absolute atomic E-state index is 13.4. The molecule has 2 amide bonds. The third-order valence-electron chi connectivity index (χ3n) is 6.26. The van der Waals surface area contributed by atoms with Crippen molar-refractivity contribution in [1.82, 2.24) is 10.2 Å². The lowest BCUT2D eigenvalue weighted by Gasteiger charge is -2.32. The first-order valence-electron chi connectivity index (χ1n) is 13.1. The number of carbonyl (C=O) groups excluding carboxylic acids is 2. The molecule has 3 N–H and O–H groups in total. The summed E-state index contributed by atoms with van der Waals surface area (Å²) in [5.74, 6) is 1.25. The first kappa shape index (κ1) is 27.2. The lowest BCUT2D eigenvalue weighted by atomic mass is 9.85. The molecule has 3 rings (SSSR count). The summed E-state index contributed by atoms with van der Waals surface area (Å²) >= 11 is 1.70. The number of fused-ring (bicyclic) bond motifs is 1. The predicted octanol–water partition coefficient (Wildman–Crippen LogP) is 5.80. The molecule has 0 aromatic carbocycles. The predicted molar refractivity (Wildman–Crippen MR) is 144 cm³/mol. The van der Waals surface area contributed by atoms with Gasteiger partial charge in [0.05, 0.1) is 10.6 Å². The number of hydrogen-bond acceptors (Lipinski definition) is 6. The minimum atomic E-state index is -0.475. The Morgan fingerprint density at radius 2 is 2.03 bits per heavy atom. The molecule has 0 unspecified atom stereocenters. The highest BCUT2D eigenvalue weighted by atomic mass is 32.1. The normalized spacial score (nSPS) is 15.9. The van der Waals surface area contributed by atoms with Gasteiger partial charge in [0.1, 0.15) is 11.4 Å². The van der Waals surface area contributed by atoms with Crippen molar-refractivity contribution < 1.29 is 14.3 Å². The molecule has 0 spiro atoms. The Balaban J connectivity index is 1.53. The van der Waals surface area contributed by atoms with Crippen LogP contribution in [0.1, 0.15) is 88.8 Å². The minimum absolute atomic E-state index is 0.109. The third kappa shape index (κ3) is 8.67. The van der Waals surface area contributed by atoms with E-state index in [1.165, 1.54) is 24.1 Å². The van der Waals surface area contributed by atoms with Gasteiger partial charge in [0, 0.05) is 36.5 Å². The van der Waals surface area contributed by atoms with Gasteiger partial charge < -0.3 is 20.7 Å². The molecule has 1 aliphatic heterocycles. The molecule has 1 aromatic rings. The fourth-order valence-corrected chi connectivity index (χ4v) is 5.45. The highest BCUT2D eigenvalue weighted by Gasteiger charge is 2.26. The van der Waals surface area contributed by atoms with Gasteiger partial charge in [-0.25, -0.2) is 9.79 Å². The molecule has 0 radical (unpaired) electrons. The summed E-state index contributed by atoms with van der Waals surface area (Å²) in [5.41, 5.74) is 7.36. The molecule has 0 bridgehead atoms. The summed E-state index contributed by atoms with van der Waals surface area (Å²) in [7, 11) is 0. The average molecular weight is 503 g/mol. The lowest BCUT2D eigenvalue weighted by Crippen LogP contribution is -2.39. The number of amidine groups is 1. The van der Waals surface area contributed by atoms with Gasteiger partial charge in [-0.05, 0) is 77.4 Å². The number of rotatable bonds is 11. The Labute approximate surface area is 214 Å². The van der Waals surface area contributed by atoms with Gasteiger partial charge in [0.2, 0.25) is 5.91 Å². The van der Waals surface area contributed by atoms with E-state index in [1.54, 1.807) is 11.3 Å². The number of aliphatic imine (C=N–C) groups is 1. The Morgan fingerprint density at radius 1 is 1.26 bits per heavy atom. The van der Waals surface area contributed by atoms with E-state index in [9.17, 15) is 9.59 Å². The van der Waals surface area contributed by atoms with Crippen LogP contribution in [0.4, 0.5) is 10.5 Å². The summed E-state index contributed by atoms with van der Waals surface area (Å²) < 4.78 is 5.26. The van der Waals surface area contributed by atoms with Crippen molar-refractivity contribution in [3.05, 3.63) is 21.4 Å². The Kier molecular flexibility index (Phi) is 9.78. The number of alkyl carbamates (subject to hydrolysis) is 1. The van der Waals surface area contributed by atoms with Crippen molar-refractivity contribution in [2.45, 2.75) is 91.1 Å². The van der Waals surface area contributed by atoms with Gasteiger partial charge in [-0.2, -0.15) is 0 Å². The number of amides is 2. The van der Waals surface area contributed by atoms with Crippen LogP contribution in [0, 0.1) is 5.92 Å². The van der Waals surface area contributed by atoms with Crippen LogP contribution in [0.5, 0.6) is 0 Å². The van der Waals surface area contributed by atoms with E-state index in [4.69, 9.17) is 10.5 Å². The van der Waals surface area contributed by atoms with Crippen molar-refractivity contribution in [1.29, 1.82) is 0 Å². The van der Waals surface area contributed by atoms with Crippen molar-refractivity contribution >= 4 is 40.9 Å². The highest BCUT2D eigenvalue weighted by Crippen LogP contribution is 2.36. The number of carbonyl (C=O) groups is 2. The Morgan fingerprint density at radius 3 is 2.69 bits per heavy atom. The van der Waals surface area contributed by atoms with E-state index in [0.717, 1.165) is 61.3 Å². The van der Waals surface area contributed by atoms with Crippen LogP contribution in [0.15, 0.2) is 16.6 Å². The van der Waals surface area contributed by atoms with Gasteiger partial charge >= 0.3 is 6.09 Å². The van der Waals surface area contributed by atoms with Gasteiger partial charge in [0.25, 0.3) is 0 Å². The topological polar surface area (TPSA) is 97.0 Å². The van der Waals surface area contributed by atoms with E-state index >= 15 is 0 Å². The van der Waals surface area contributed by atoms with Crippen LogP contribution in [0.2, 0.25) is 0 Å². The largest absolute Gasteiger partial charge is 0.444 e. The summed E-state index contributed by atoms with van der Waals surface area (Å²) in [6.07, 6.45) is 10.6. The maximum atomic E-state index is 13.4. The van der Waals surface area contributed by atoms with Gasteiger partial charge in [-0.3, -0.25) is 4.79 Å². The van der Waals surface area contributed by atoms with Crippen LogP contribution < -0.4 is 11.1 Å². The molecule has 1 saturated carbocycles. The van der Waals surface area contributed by atoms with E-state index in [0.29, 0.717) is 24.7 Å². The molecule has 0 saturated heterocycles. The standard InChI is InChI=1S/C27H42N4O3S/c1-5-14-31(18-19-10-9-11-19)25(32)20-15-23-22(30-24(28)16-20)17-21(35-23)12-7-6-8-13-29-26(33)34-27(2,3)4/h15,17,19H,5-14,16,18H2,1-4H3,(H2,28,30)(H,29,33). The second kappa shape index (κ2) is 12.6. The van der Waals surface area contributed by atoms with Gasteiger partial charge in [-0.15, -0.1) is 11.3 Å². The third-order valence-corrected chi connectivity index (χ3v) is 7.39. The van der Waals surface area contributed by atoms with Crippen LogP contribution in [-0.2, 0) is 16.0 Å². The van der Waals surface area contributed by atoms with Crippen LogP contribution in [0.3, 0.4) is 0 Å². The number of nitrogens with one attached hydrogen (secondary N) is 1. The number of ether oxygens (including phenoxy) is 1. The zero-order valence-electron chi connectivity index (χ0n) is 21.8. The zero-order valence-corrected chi connectivity index (χ0v) is 22.6. The second-order valence-electron chi connectivity index (χ2n) is 10.7. The number of unbranched alkanes of at least 4 members (excludes halogenated alkanes) is 2.